The number of hydrogen-bond acceptors (Lipinski definition) is 7. The highest BCUT2D eigenvalue weighted by Crippen LogP contribution is 2.29. The first-order chi connectivity index (χ1) is 9.08. The maximum atomic E-state index is 10.9. The van der Waals surface area contributed by atoms with Gasteiger partial charge in [-0.15, -0.1) is 0 Å². The van der Waals surface area contributed by atoms with Gasteiger partial charge in [0, 0.05) is 20.2 Å². The van der Waals surface area contributed by atoms with E-state index in [9.17, 15) is 10.1 Å². The predicted molar refractivity (Wildman–Crippen MR) is 69.9 cm³/mol. The van der Waals surface area contributed by atoms with Crippen LogP contribution in [-0.2, 0) is 4.74 Å². The summed E-state index contributed by atoms with van der Waals surface area (Å²) in [6.07, 6.45) is 3.60. The topological polar surface area (TPSA) is 107 Å². The summed E-state index contributed by atoms with van der Waals surface area (Å²) in [5.74, 6) is 0.938. The zero-order chi connectivity index (χ0) is 13.8. The second-order valence-electron chi connectivity index (χ2n) is 4.63. The zero-order valence-electron chi connectivity index (χ0n) is 10.8. The molecule has 0 unspecified atom stereocenters. The first kappa shape index (κ1) is 13.5. The number of ether oxygens (including phenoxy) is 1. The average molecular weight is 267 g/mol. The summed E-state index contributed by atoms with van der Waals surface area (Å²) in [5, 5.41) is 10.9. The second-order valence-corrected chi connectivity index (χ2v) is 4.63. The molecule has 2 rings (SSSR count). The van der Waals surface area contributed by atoms with Crippen molar-refractivity contribution < 1.29 is 9.66 Å². The van der Waals surface area contributed by atoms with E-state index < -0.39 is 4.92 Å². The SMILES string of the molecule is CN(CCOCC1CC1)c1nc(N)ncc1[N+](=O)[O-]. The Bertz CT molecular complexity index is 464. The third-order valence-electron chi connectivity index (χ3n) is 2.95. The van der Waals surface area contributed by atoms with Crippen LogP contribution in [0, 0.1) is 16.0 Å². The molecule has 1 fully saturated rings. The van der Waals surface area contributed by atoms with Crippen molar-refractivity contribution in [2.75, 3.05) is 37.4 Å². The maximum absolute atomic E-state index is 10.9. The minimum absolute atomic E-state index is 0.0198. The molecule has 19 heavy (non-hydrogen) atoms. The normalized spacial score (nSPS) is 14.4. The fourth-order valence-electron chi connectivity index (χ4n) is 1.63. The molecule has 1 heterocycles. The molecule has 8 heteroatoms. The lowest BCUT2D eigenvalue weighted by Crippen LogP contribution is -2.25. The predicted octanol–water partition coefficient (Wildman–Crippen LogP) is 0.830. The van der Waals surface area contributed by atoms with Crippen LogP contribution in [0.1, 0.15) is 12.8 Å². The Labute approximate surface area is 110 Å². The van der Waals surface area contributed by atoms with Crippen LogP contribution >= 0.6 is 0 Å². The van der Waals surface area contributed by atoms with Gasteiger partial charge >= 0.3 is 5.69 Å². The van der Waals surface area contributed by atoms with Crippen molar-refractivity contribution in [3.05, 3.63) is 16.3 Å². The van der Waals surface area contributed by atoms with Crippen molar-refractivity contribution in [2.24, 2.45) is 5.92 Å². The van der Waals surface area contributed by atoms with Crippen molar-refractivity contribution in [1.82, 2.24) is 9.97 Å². The molecule has 0 spiro atoms. The van der Waals surface area contributed by atoms with E-state index in [-0.39, 0.29) is 17.5 Å². The molecule has 1 aliphatic carbocycles. The number of anilines is 2. The Morgan fingerprint density at radius 1 is 1.63 bits per heavy atom. The molecule has 2 N–H and O–H groups in total. The Kier molecular flexibility index (Phi) is 4.10. The highest BCUT2D eigenvalue weighted by atomic mass is 16.6. The van der Waals surface area contributed by atoms with Gasteiger partial charge < -0.3 is 15.4 Å². The molecule has 8 nitrogen and oxygen atoms in total. The van der Waals surface area contributed by atoms with Gasteiger partial charge in [0.2, 0.25) is 11.8 Å². The van der Waals surface area contributed by atoms with E-state index in [0.717, 1.165) is 12.8 Å². The molecule has 0 radical (unpaired) electrons. The van der Waals surface area contributed by atoms with Gasteiger partial charge in [0.05, 0.1) is 11.5 Å². The lowest BCUT2D eigenvalue weighted by atomic mass is 10.4. The van der Waals surface area contributed by atoms with E-state index in [1.807, 2.05) is 0 Å². The molecular formula is C11H17N5O3. The Balaban J connectivity index is 1.93. The number of likely N-dealkylation sites (N-methyl/N-ethyl adjacent to an activating group) is 1. The number of rotatable bonds is 7. The number of nitrogens with zero attached hydrogens (tertiary/aromatic N) is 4. The quantitative estimate of drug-likeness (QED) is 0.443. The molecule has 0 aromatic carbocycles. The van der Waals surface area contributed by atoms with Crippen LogP contribution in [-0.4, -0.2) is 41.7 Å². The van der Waals surface area contributed by atoms with Crippen LogP contribution in [0.3, 0.4) is 0 Å². The summed E-state index contributed by atoms with van der Waals surface area (Å²) in [6.45, 7) is 1.79. The minimum Gasteiger partial charge on any atom is -0.379 e. The highest BCUT2D eigenvalue weighted by Gasteiger charge is 2.22. The first-order valence-electron chi connectivity index (χ1n) is 6.13. The summed E-state index contributed by atoms with van der Waals surface area (Å²) >= 11 is 0. The summed E-state index contributed by atoms with van der Waals surface area (Å²) < 4.78 is 5.49. The zero-order valence-corrected chi connectivity index (χ0v) is 10.8. The maximum Gasteiger partial charge on any atom is 0.329 e. The van der Waals surface area contributed by atoms with Crippen LogP contribution < -0.4 is 10.6 Å². The molecule has 1 aromatic heterocycles. The summed E-state index contributed by atoms with van der Waals surface area (Å²) in [5.41, 5.74) is 5.31. The molecule has 1 aliphatic rings. The lowest BCUT2D eigenvalue weighted by Gasteiger charge is -2.17. The number of nitrogens with two attached hydrogens (primary N) is 1. The largest absolute Gasteiger partial charge is 0.379 e. The molecule has 0 atom stereocenters. The fraction of sp³-hybridized carbons (Fsp3) is 0.636. The van der Waals surface area contributed by atoms with Crippen molar-refractivity contribution in [1.29, 1.82) is 0 Å². The average Bonchev–Trinajstić information content (AvgIpc) is 3.18. The fourth-order valence-corrected chi connectivity index (χ4v) is 1.63. The Morgan fingerprint density at radius 3 is 3.00 bits per heavy atom. The van der Waals surface area contributed by atoms with Crippen LogP contribution in [0.15, 0.2) is 6.20 Å². The number of hydrogen-bond donors (Lipinski definition) is 1. The van der Waals surface area contributed by atoms with E-state index >= 15 is 0 Å². The van der Waals surface area contributed by atoms with E-state index in [1.54, 1.807) is 11.9 Å². The van der Waals surface area contributed by atoms with Crippen molar-refractivity contribution in [2.45, 2.75) is 12.8 Å². The second kappa shape index (κ2) is 5.79. The van der Waals surface area contributed by atoms with Crippen molar-refractivity contribution in [3.8, 4) is 0 Å². The van der Waals surface area contributed by atoms with Gasteiger partial charge in [-0.2, -0.15) is 4.98 Å². The standard InChI is InChI=1S/C11H17N5O3/c1-15(4-5-19-7-8-2-3-8)10-9(16(17)18)6-13-11(12)14-10/h6,8H,2-5,7H2,1H3,(H2,12,13,14). The third-order valence-corrected chi connectivity index (χ3v) is 2.95. The minimum atomic E-state index is -0.518. The smallest absolute Gasteiger partial charge is 0.329 e. The molecular weight excluding hydrogens is 250 g/mol. The molecule has 0 saturated heterocycles. The van der Waals surface area contributed by atoms with Gasteiger partial charge in [0.15, 0.2) is 0 Å². The van der Waals surface area contributed by atoms with Gasteiger partial charge in [-0.3, -0.25) is 10.1 Å². The van der Waals surface area contributed by atoms with Gasteiger partial charge in [0.1, 0.15) is 6.20 Å². The van der Waals surface area contributed by atoms with E-state index in [4.69, 9.17) is 10.5 Å². The molecule has 104 valence electrons. The molecule has 0 amide bonds. The van der Waals surface area contributed by atoms with E-state index in [1.165, 1.54) is 12.8 Å². The van der Waals surface area contributed by atoms with E-state index in [0.29, 0.717) is 19.1 Å². The number of nitrogen functional groups attached to an aromatic ring is 1. The molecule has 1 aromatic rings. The van der Waals surface area contributed by atoms with Gasteiger partial charge in [-0.25, -0.2) is 4.98 Å². The first-order valence-corrected chi connectivity index (χ1v) is 6.13. The third kappa shape index (κ3) is 3.75. The molecule has 0 bridgehead atoms. The number of nitro groups is 1. The highest BCUT2D eigenvalue weighted by molar-refractivity contribution is 5.57. The molecule has 0 aliphatic heterocycles. The van der Waals surface area contributed by atoms with Crippen LogP contribution in [0.5, 0.6) is 0 Å². The lowest BCUT2D eigenvalue weighted by molar-refractivity contribution is -0.384. The van der Waals surface area contributed by atoms with Crippen molar-refractivity contribution in [3.63, 3.8) is 0 Å². The van der Waals surface area contributed by atoms with Crippen LogP contribution in [0.2, 0.25) is 0 Å². The monoisotopic (exact) mass is 267 g/mol. The van der Waals surface area contributed by atoms with Crippen molar-refractivity contribution >= 4 is 17.5 Å². The van der Waals surface area contributed by atoms with E-state index in [2.05, 4.69) is 9.97 Å². The summed E-state index contributed by atoms with van der Waals surface area (Å²) in [4.78, 5) is 19.6. The Morgan fingerprint density at radius 2 is 2.37 bits per heavy atom. The van der Waals surface area contributed by atoms with Gasteiger partial charge in [-0.1, -0.05) is 0 Å². The number of aromatic nitrogens is 2. The van der Waals surface area contributed by atoms with Crippen LogP contribution in [0.25, 0.3) is 0 Å². The van der Waals surface area contributed by atoms with Gasteiger partial charge in [0.25, 0.3) is 0 Å². The summed E-state index contributed by atoms with van der Waals surface area (Å²) in [7, 11) is 1.72. The molecule has 1 saturated carbocycles. The van der Waals surface area contributed by atoms with Gasteiger partial charge in [-0.05, 0) is 18.8 Å². The van der Waals surface area contributed by atoms with Crippen LogP contribution in [0.4, 0.5) is 17.5 Å². The summed E-state index contributed by atoms with van der Waals surface area (Å²) in [6, 6.07) is 0. The Hall–Kier alpha value is -1.96.